The number of carbonyl (C=O) groups is 1. The van der Waals surface area contributed by atoms with E-state index in [4.69, 9.17) is 20.8 Å². The number of nitrogens with one attached hydrogen (secondary N) is 2. The average Bonchev–Trinajstić information content (AvgIpc) is 3.18. The van der Waals surface area contributed by atoms with E-state index in [2.05, 4.69) is 10.6 Å². The third kappa shape index (κ3) is 4.82. The molecule has 0 spiro atoms. The maximum Gasteiger partial charge on any atom is 0.365 e. The molecule has 0 bridgehead atoms. The Morgan fingerprint density at radius 3 is 2.69 bits per heavy atom. The molecule has 2 amide bonds. The van der Waals surface area contributed by atoms with E-state index in [9.17, 15) is 13.6 Å². The first-order chi connectivity index (χ1) is 15.3. The molecule has 1 aliphatic rings. The predicted molar refractivity (Wildman–Crippen MR) is 116 cm³/mol. The van der Waals surface area contributed by atoms with Crippen LogP contribution in [0.4, 0.5) is 13.6 Å². The van der Waals surface area contributed by atoms with Crippen molar-refractivity contribution in [3.8, 4) is 0 Å². The highest BCUT2D eigenvalue weighted by Gasteiger charge is 2.50. The number of thioether (sulfide) groups is 1. The molecule has 1 aliphatic heterocycles. The van der Waals surface area contributed by atoms with Crippen molar-refractivity contribution in [1.82, 2.24) is 15.6 Å². The minimum atomic E-state index is -1.18. The number of benzene rings is 2. The molecule has 3 rings (SSSR count). The standard InChI is InChI=1S/C20H22F2N6O3S/c1-27(30-2)19(29)28-20(10-11-31-26-18(23)24,13-6-4-3-5-7-13)32-17(25-28)15-12-14(21)8-9-16(15)22/h3-9,12H,10-11H2,1-2H3,(H4,23,24,26). The van der Waals surface area contributed by atoms with Crippen LogP contribution in [0.1, 0.15) is 17.5 Å². The summed E-state index contributed by atoms with van der Waals surface area (Å²) in [6.45, 7) is 0.0103. The topological polar surface area (TPSA) is 116 Å². The van der Waals surface area contributed by atoms with Crippen molar-refractivity contribution in [1.29, 1.82) is 5.41 Å². The van der Waals surface area contributed by atoms with Crippen molar-refractivity contribution in [3.63, 3.8) is 0 Å². The summed E-state index contributed by atoms with van der Waals surface area (Å²) < 4.78 is 28.4. The molecular weight excluding hydrogens is 442 g/mol. The normalized spacial score (nSPS) is 17.8. The summed E-state index contributed by atoms with van der Waals surface area (Å²) >= 11 is 1.08. The van der Waals surface area contributed by atoms with Crippen LogP contribution in [0.15, 0.2) is 53.6 Å². The molecule has 0 radical (unpaired) electrons. The Bertz CT molecular complexity index is 1030. The number of rotatable bonds is 7. The second kappa shape index (κ2) is 9.94. The minimum absolute atomic E-state index is 0.0103. The molecule has 1 unspecified atom stereocenters. The van der Waals surface area contributed by atoms with E-state index in [-0.39, 0.29) is 29.6 Å². The number of carbonyl (C=O) groups excluding carboxylic acids is 1. The van der Waals surface area contributed by atoms with Gasteiger partial charge in [-0.2, -0.15) is 10.1 Å². The number of guanidine groups is 1. The first kappa shape index (κ1) is 23.4. The maximum atomic E-state index is 14.6. The molecule has 170 valence electrons. The van der Waals surface area contributed by atoms with E-state index in [1.165, 1.54) is 14.2 Å². The molecule has 0 saturated carbocycles. The Labute approximate surface area is 187 Å². The number of nitrogens with two attached hydrogens (primary N) is 1. The monoisotopic (exact) mass is 464 g/mol. The quantitative estimate of drug-likeness (QED) is 0.251. The van der Waals surface area contributed by atoms with Gasteiger partial charge in [-0.05, 0) is 23.8 Å². The lowest BCUT2D eigenvalue weighted by Gasteiger charge is -2.36. The molecule has 2 aromatic carbocycles. The molecular formula is C20H22F2N6O3S. The predicted octanol–water partition coefficient (Wildman–Crippen LogP) is 2.95. The minimum Gasteiger partial charge on any atom is -0.368 e. The van der Waals surface area contributed by atoms with Gasteiger partial charge in [0, 0.05) is 19.0 Å². The first-order valence-corrected chi connectivity index (χ1v) is 10.2. The fourth-order valence-electron chi connectivity index (χ4n) is 3.07. The van der Waals surface area contributed by atoms with Gasteiger partial charge >= 0.3 is 6.03 Å². The van der Waals surface area contributed by atoms with Gasteiger partial charge in [0.15, 0.2) is 0 Å². The van der Waals surface area contributed by atoms with Gasteiger partial charge in [-0.15, -0.1) is 0 Å². The number of amides is 2. The zero-order valence-electron chi connectivity index (χ0n) is 17.3. The molecule has 12 heteroatoms. The summed E-state index contributed by atoms with van der Waals surface area (Å²) in [6, 6.07) is 11.4. The average molecular weight is 464 g/mol. The molecule has 0 saturated heterocycles. The van der Waals surface area contributed by atoms with Crippen LogP contribution in [-0.2, 0) is 14.5 Å². The van der Waals surface area contributed by atoms with Gasteiger partial charge in [0.25, 0.3) is 0 Å². The Hall–Kier alpha value is -3.22. The van der Waals surface area contributed by atoms with Crippen molar-refractivity contribution < 1.29 is 23.3 Å². The van der Waals surface area contributed by atoms with Gasteiger partial charge in [0.1, 0.15) is 21.5 Å². The molecule has 1 atom stereocenters. The Kier molecular flexibility index (Phi) is 7.28. The van der Waals surface area contributed by atoms with Crippen molar-refractivity contribution in [2.45, 2.75) is 11.3 Å². The number of urea groups is 1. The van der Waals surface area contributed by atoms with Crippen molar-refractivity contribution in [2.24, 2.45) is 10.8 Å². The molecule has 9 nitrogen and oxygen atoms in total. The summed E-state index contributed by atoms with van der Waals surface area (Å²) in [4.78, 5) is 22.2. The van der Waals surface area contributed by atoms with Gasteiger partial charge in [0.2, 0.25) is 5.96 Å². The number of hydrogen-bond acceptors (Lipinski definition) is 6. The highest BCUT2D eigenvalue weighted by molar-refractivity contribution is 8.15. The zero-order chi connectivity index (χ0) is 23.3. The summed E-state index contributed by atoms with van der Waals surface area (Å²) in [7, 11) is 2.73. The molecule has 1 heterocycles. The van der Waals surface area contributed by atoms with Crippen LogP contribution in [0.5, 0.6) is 0 Å². The molecule has 0 aromatic heterocycles. The van der Waals surface area contributed by atoms with E-state index in [1.807, 2.05) is 6.07 Å². The van der Waals surface area contributed by atoms with Crippen LogP contribution >= 0.6 is 11.8 Å². The number of hydroxylamine groups is 3. The lowest BCUT2D eigenvalue weighted by atomic mass is 10.0. The summed E-state index contributed by atoms with van der Waals surface area (Å²) in [6.07, 6.45) is 0.162. The van der Waals surface area contributed by atoms with Gasteiger partial charge in [-0.1, -0.05) is 42.1 Å². The van der Waals surface area contributed by atoms with E-state index >= 15 is 0 Å². The summed E-state index contributed by atoms with van der Waals surface area (Å²) in [5.74, 6) is -1.70. The molecule has 0 aliphatic carbocycles. The SMILES string of the molecule is CON(C)C(=O)N1N=C(c2cc(F)ccc2F)SC1(CCONC(=N)N)c1ccccc1. The van der Waals surface area contributed by atoms with Gasteiger partial charge in [-0.3, -0.25) is 15.1 Å². The molecule has 4 N–H and O–H groups in total. The van der Waals surface area contributed by atoms with Gasteiger partial charge in [0.05, 0.1) is 13.7 Å². The van der Waals surface area contributed by atoms with Crippen LogP contribution in [0, 0.1) is 17.0 Å². The Balaban J connectivity index is 2.08. The second-order valence-corrected chi connectivity index (χ2v) is 7.94. The lowest BCUT2D eigenvalue weighted by Crippen LogP contribution is -2.47. The van der Waals surface area contributed by atoms with Crippen LogP contribution in [0.2, 0.25) is 0 Å². The van der Waals surface area contributed by atoms with Crippen LogP contribution < -0.4 is 11.2 Å². The second-order valence-electron chi connectivity index (χ2n) is 6.67. The zero-order valence-corrected chi connectivity index (χ0v) is 18.2. The number of hydrogen-bond donors (Lipinski definition) is 3. The first-order valence-electron chi connectivity index (χ1n) is 9.41. The Morgan fingerprint density at radius 1 is 1.31 bits per heavy atom. The van der Waals surface area contributed by atoms with Crippen molar-refractivity contribution >= 4 is 28.8 Å². The van der Waals surface area contributed by atoms with Crippen LogP contribution in [-0.4, -0.2) is 47.9 Å². The number of nitrogens with zero attached hydrogens (tertiary/aromatic N) is 3. The maximum absolute atomic E-state index is 14.6. The smallest absolute Gasteiger partial charge is 0.365 e. The third-order valence-corrected chi connectivity index (χ3v) is 6.08. The van der Waals surface area contributed by atoms with Crippen molar-refractivity contribution in [2.75, 3.05) is 20.8 Å². The van der Waals surface area contributed by atoms with E-state index in [1.54, 1.807) is 24.3 Å². The fourth-order valence-corrected chi connectivity index (χ4v) is 4.43. The summed E-state index contributed by atoms with van der Waals surface area (Å²) in [5.41, 5.74) is 8.08. The van der Waals surface area contributed by atoms with Crippen molar-refractivity contribution in [3.05, 3.63) is 71.3 Å². The van der Waals surface area contributed by atoms with E-state index < -0.39 is 22.5 Å². The fraction of sp³-hybridized carbons (Fsp3) is 0.250. The van der Waals surface area contributed by atoms with E-state index in [0.717, 1.165) is 40.0 Å². The van der Waals surface area contributed by atoms with E-state index in [0.29, 0.717) is 5.56 Å². The van der Waals surface area contributed by atoms with Gasteiger partial charge < -0.3 is 5.73 Å². The third-order valence-electron chi connectivity index (χ3n) is 4.63. The molecule has 2 aromatic rings. The van der Waals surface area contributed by atoms with Gasteiger partial charge in [-0.25, -0.2) is 24.1 Å². The molecule has 32 heavy (non-hydrogen) atoms. The number of halogens is 2. The highest BCUT2D eigenvalue weighted by atomic mass is 32.2. The highest BCUT2D eigenvalue weighted by Crippen LogP contribution is 2.50. The largest absolute Gasteiger partial charge is 0.368 e. The number of hydrazone groups is 1. The van der Waals surface area contributed by atoms with Crippen LogP contribution in [0.25, 0.3) is 0 Å². The lowest BCUT2D eigenvalue weighted by molar-refractivity contribution is -0.0815. The Morgan fingerprint density at radius 2 is 2.03 bits per heavy atom. The summed E-state index contributed by atoms with van der Waals surface area (Å²) in [5, 5.41) is 13.8. The van der Waals surface area contributed by atoms with Crippen LogP contribution in [0.3, 0.4) is 0 Å². The molecule has 0 fully saturated rings.